The minimum atomic E-state index is -0.577. The molecule has 3 nitrogen and oxygen atoms in total. The Bertz CT molecular complexity index is 312. The quantitative estimate of drug-likeness (QED) is 0.708. The summed E-state index contributed by atoms with van der Waals surface area (Å²) in [6.45, 7) is 3.22. The molecule has 3 heteroatoms. The highest BCUT2D eigenvalue weighted by Gasteiger charge is 2.08. The number of hydrogen-bond acceptors (Lipinski definition) is 3. The number of unbranched alkanes of at least 4 members (excludes halogenated alkanes) is 2. The lowest BCUT2D eigenvalue weighted by molar-refractivity contribution is 0.0345. The fraction of sp³-hybridized carbons (Fsp3) is 0.571. The topological polar surface area (TPSA) is 38.7 Å². The van der Waals surface area contributed by atoms with Crippen molar-refractivity contribution in [3.05, 3.63) is 29.8 Å². The SMILES string of the molecule is CCCCCOCC(O)c1cccc(OC)c1. The molecule has 0 aliphatic carbocycles. The highest BCUT2D eigenvalue weighted by atomic mass is 16.5. The van der Waals surface area contributed by atoms with Crippen LogP contribution in [0.4, 0.5) is 0 Å². The summed E-state index contributed by atoms with van der Waals surface area (Å²) in [6.07, 6.45) is 2.84. The lowest BCUT2D eigenvalue weighted by Gasteiger charge is -2.12. The van der Waals surface area contributed by atoms with E-state index < -0.39 is 6.10 Å². The van der Waals surface area contributed by atoms with Gasteiger partial charge in [0.05, 0.1) is 13.7 Å². The van der Waals surface area contributed by atoms with Crippen LogP contribution in [0, 0.1) is 0 Å². The summed E-state index contributed by atoms with van der Waals surface area (Å²) in [5.74, 6) is 0.757. The fourth-order valence-corrected chi connectivity index (χ4v) is 1.59. The van der Waals surface area contributed by atoms with Gasteiger partial charge in [0.1, 0.15) is 11.9 Å². The zero-order valence-corrected chi connectivity index (χ0v) is 10.7. The average Bonchev–Trinajstić information content (AvgIpc) is 2.38. The van der Waals surface area contributed by atoms with Crippen LogP contribution < -0.4 is 4.74 Å². The van der Waals surface area contributed by atoms with Crippen molar-refractivity contribution in [1.29, 1.82) is 0 Å². The smallest absolute Gasteiger partial charge is 0.119 e. The molecule has 0 fully saturated rings. The number of benzene rings is 1. The lowest BCUT2D eigenvalue weighted by atomic mass is 10.1. The largest absolute Gasteiger partial charge is 0.497 e. The van der Waals surface area contributed by atoms with Crippen LogP contribution in [0.2, 0.25) is 0 Å². The van der Waals surface area contributed by atoms with Gasteiger partial charge in [0, 0.05) is 6.61 Å². The van der Waals surface area contributed by atoms with Crippen molar-refractivity contribution >= 4 is 0 Å². The molecule has 1 aromatic carbocycles. The molecule has 1 unspecified atom stereocenters. The molecule has 0 amide bonds. The summed E-state index contributed by atoms with van der Waals surface area (Å²) >= 11 is 0. The van der Waals surface area contributed by atoms with Crippen molar-refractivity contribution in [2.75, 3.05) is 20.3 Å². The molecule has 0 saturated carbocycles. The molecule has 1 aromatic rings. The van der Waals surface area contributed by atoms with Crippen molar-refractivity contribution in [1.82, 2.24) is 0 Å². The first-order valence-electron chi connectivity index (χ1n) is 6.17. The van der Waals surface area contributed by atoms with Crippen LogP contribution >= 0.6 is 0 Å². The number of hydrogen-bond donors (Lipinski definition) is 1. The van der Waals surface area contributed by atoms with Crippen LogP contribution in [0.1, 0.15) is 37.9 Å². The Morgan fingerprint density at radius 2 is 2.12 bits per heavy atom. The minimum Gasteiger partial charge on any atom is -0.497 e. The molecule has 0 spiro atoms. The Morgan fingerprint density at radius 3 is 2.82 bits per heavy atom. The van der Waals surface area contributed by atoms with E-state index >= 15 is 0 Å². The van der Waals surface area contributed by atoms with Crippen LogP contribution in [0.5, 0.6) is 5.75 Å². The van der Waals surface area contributed by atoms with Gasteiger partial charge in [-0.05, 0) is 24.1 Å². The minimum absolute atomic E-state index is 0.344. The molecule has 17 heavy (non-hydrogen) atoms. The summed E-state index contributed by atoms with van der Waals surface area (Å²) in [5.41, 5.74) is 0.833. The van der Waals surface area contributed by atoms with Gasteiger partial charge in [0.25, 0.3) is 0 Å². The van der Waals surface area contributed by atoms with Crippen LogP contribution in [0.25, 0.3) is 0 Å². The Balaban J connectivity index is 2.33. The highest BCUT2D eigenvalue weighted by molar-refractivity contribution is 5.29. The standard InChI is InChI=1S/C14H22O3/c1-3-4-5-9-17-11-14(15)12-7-6-8-13(10-12)16-2/h6-8,10,14-15H,3-5,9,11H2,1-2H3. The second kappa shape index (κ2) is 8.09. The summed E-state index contributed by atoms with van der Waals surface area (Å²) < 4.78 is 10.5. The van der Waals surface area contributed by atoms with Crippen LogP contribution in [0.3, 0.4) is 0 Å². The van der Waals surface area contributed by atoms with Gasteiger partial charge in [0.15, 0.2) is 0 Å². The van der Waals surface area contributed by atoms with E-state index in [1.54, 1.807) is 7.11 Å². The molecule has 0 aliphatic heterocycles. The van der Waals surface area contributed by atoms with Gasteiger partial charge in [-0.3, -0.25) is 0 Å². The predicted octanol–water partition coefficient (Wildman–Crippen LogP) is 2.94. The number of aliphatic hydroxyl groups is 1. The molecule has 0 aliphatic rings. The van der Waals surface area contributed by atoms with Gasteiger partial charge < -0.3 is 14.6 Å². The van der Waals surface area contributed by atoms with E-state index in [1.807, 2.05) is 24.3 Å². The van der Waals surface area contributed by atoms with E-state index in [0.717, 1.165) is 24.3 Å². The Morgan fingerprint density at radius 1 is 1.29 bits per heavy atom. The molecular weight excluding hydrogens is 216 g/mol. The van der Waals surface area contributed by atoms with Gasteiger partial charge in [-0.2, -0.15) is 0 Å². The van der Waals surface area contributed by atoms with Crippen molar-refractivity contribution in [3.63, 3.8) is 0 Å². The lowest BCUT2D eigenvalue weighted by Crippen LogP contribution is -2.08. The summed E-state index contributed by atoms with van der Waals surface area (Å²) in [7, 11) is 1.62. The highest BCUT2D eigenvalue weighted by Crippen LogP contribution is 2.19. The number of methoxy groups -OCH3 is 1. The third-order valence-electron chi connectivity index (χ3n) is 2.65. The molecule has 0 aromatic heterocycles. The molecule has 1 N–H and O–H groups in total. The Kier molecular flexibility index (Phi) is 6.67. The van der Waals surface area contributed by atoms with Crippen molar-refractivity contribution in [2.45, 2.75) is 32.3 Å². The molecule has 0 heterocycles. The van der Waals surface area contributed by atoms with Gasteiger partial charge in [-0.25, -0.2) is 0 Å². The molecule has 1 rings (SSSR count). The molecule has 96 valence electrons. The van der Waals surface area contributed by atoms with Gasteiger partial charge >= 0.3 is 0 Å². The molecule has 0 bridgehead atoms. The van der Waals surface area contributed by atoms with E-state index in [0.29, 0.717) is 6.61 Å². The van der Waals surface area contributed by atoms with E-state index in [1.165, 1.54) is 12.8 Å². The normalized spacial score (nSPS) is 12.4. The summed E-state index contributed by atoms with van der Waals surface area (Å²) in [4.78, 5) is 0. The first-order chi connectivity index (χ1) is 8.27. The van der Waals surface area contributed by atoms with Gasteiger partial charge in [0.2, 0.25) is 0 Å². The fourth-order valence-electron chi connectivity index (χ4n) is 1.59. The molecule has 0 saturated heterocycles. The van der Waals surface area contributed by atoms with Crippen LogP contribution in [-0.4, -0.2) is 25.4 Å². The third kappa shape index (κ3) is 5.20. The number of ether oxygens (including phenoxy) is 2. The Hall–Kier alpha value is -1.06. The summed E-state index contributed by atoms with van der Waals surface area (Å²) in [5, 5.41) is 9.92. The Labute approximate surface area is 103 Å². The number of rotatable bonds is 8. The molecule has 0 radical (unpaired) electrons. The van der Waals surface area contributed by atoms with Crippen molar-refractivity contribution in [3.8, 4) is 5.75 Å². The van der Waals surface area contributed by atoms with Crippen LogP contribution in [0.15, 0.2) is 24.3 Å². The first-order valence-corrected chi connectivity index (χ1v) is 6.17. The van der Waals surface area contributed by atoms with Crippen LogP contribution in [-0.2, 0) is 4.74 Å². The van der Waals surface area contributed by atoms with Crippen molar-refractivity contribution < 1.29 is 14.6 Å². The first kappa shape index (κ1) is 14.0. The predicted molar refractivity (Wildman–Crippen MR) is 68.3 cm³/mol. The maximum absolute atomic E-state index is 9.92. The van der Waals surface area contributed by atoms with E-state index in [-0.39, 0.29) is 0 Å². The van der Waals surface area contributed by atoms with E-state index in [2.05, 4.69) is 6.92 Å². The molecule has 1 atom stereocenters. The maximum atomic E-state index is 9.92. The van der Waals surface area contributed by atoms with E-state index in [9.17, 15) is 5.11 Å². The summed E-state index contributed by atoms with van der Waals surface area (Å²) in [6, 6.07) is 7.44. The average molecular weight is 238 g/mol. The zero-order valence-electron chi connectivity index (χ0n) is 10.7. The van der Waals surface area contributed by atoms with Gasteiger partial charge in [-0.15, -0.1) is 0 Å². The second-order valence-corrected chi connectivity index (χ2v) is 4.07. The zero-order chi connectivity index (χ0) is 12.5. The third-order valence-corrected chi connectivity index (χ3v) is 2.65. The molecular formula is C14H22O3. The number of aliphatic hydroxyl groups excluding tert-OH is 1. The maximum Gasteiger partial charge on any atom is 0.119 e. The van der Waals surface area contributed by atoms with E-state index in [4.69, 9.17) is 9.47 Å². The second-order valence-electron chi connectivity index (χ2n) is 4.07. The monoisotopic (exact) mass is 238 g/mol. The van der Waals surface area contributed by atoms with Gasteiger partial charge in [-0.1, -0.05) is 31.9 Å². The van der Waals surface area contributed by atoms with Crippen molar-refractivity contribution in [2.24, 2.45) is 0 Å².